The molecule has 0 spiro atoms. The lowest BCUT2D eigenvalue weighted by atomic mass is 9.53. The molecule has 4 rings (SSSR count). The van der Waals surface area contributed by atoms with Gasteiger partial charge in [0.2, 0.25) is 0 Å². The summed E-state index contributed by atoms with van der Waals surface area (Å²) in [5.41, 5.74) is 2.07. The molecule has 0 aromatic heterocycles. The summed E-state index contributed by atoms with van der Waals surface area (Å²) in [6.07, 6.45) is 4.59. The van der Waals surface area contributed by atoms with Crippen LogP contribution in [0.25, 0.3) is 0 Å². The van der Waals surface area contributed by atoms with Crippen molar-refractivity contribution in [2.45, 2.75) is 57.2 Å². The molecule has 1 aromatic rings. The second-order valence-corrected chi connectivity index (χ2v) is 8.47. The first-order valence-electron chi connectivity index (χ1n) is 9.19. The van der Waals surface area contributed by atoms with Gasteiger partial charge in [-0.05, 0) is 78.5 Å². The zero-order valence-corrected chi connectivity index (χ0v) is 14.3. The van der Waals surface area contributed by atoms with Crippen molar-refractivity contribution in [3.63, 3.8) is 0 Å². The molecule has 0 unspecified atom stereocenters. The van der Waals surface area contributed by atoms with E-state index in [4.69, 9.17) is 0 Å². The highest BCUT2D eigenvalue weighted by molar-refractivity contribution is 5.41. The minimum absolute atomic E-state index is 0.0926. The summed E-state index contributed by atoms with van der Waals surface area (Å²) in [7, 11) is 0. The Kier molecular flexibility index (Phi) is 3.76. The normalized spacial score (nSPS) is 43.6. The summed E-state index contributed by atoms with van der Waals surface area (Å²) in [6.45, 7) is 6.05. The Labute approximate surface area is 143 Å². The van der Waals surface area contributed by atoms with E-state index in [0.717, 1.165) is 30.4 Å². The van der Waals surface area contributed by atoms with Gasteiger partial charge in [0.1, 0.15) is 11.9 Å². The molecule has 3 aliphatic rings. The molecule has 7 atom stereocenters. The Bertz CT molecular complexity index is 657. The van der Waals surface area contributed by atoms with E-state index in [-0.39, 0.29) is 35.0 Å². The summed E-state index contributed by atoms with van der Waals surface area (Å²) >= 11 is 0. The molecule has 0 aliphatic heterocycles. The molecule has 130 valence electrons. The summed E-state index contributed by atoms with van der Waals surface area (Å²) in [5, 5.41) is 20.4. The lowest BCUT2D eigenvalue weighted by Crippen LogP contribution is -2.47. The van der Waals surface area contributed by atoms with Crippen molar-refractivity contribution in [1.29, 1.82) is 0 Å². The predicted octanol–water partition coefficient (Wildman–Crippen LogP) is 4.36. The van der Waals surface area contributed by atoms with Gasteiger partial charge in [0.05, 0.1) is 6.10 Å². The van der Waals surface area contributed by atoms with Crippen molar-refractivity contribution in [3.8, 4) is 5.75 Å². The Morgan fingerprint density at radius 1 is 1.38 bits per heavy atom. The predicted molar refractivity (Wildman–Crippen MR) is 92.7 cm³/mol. The first-order valence-corrected chi connectivity index (χ1v) is 9.19. The number of hydrogen-bond donors (Lipinski definition) is 2. The van der Waals surface area contributed by atoms with Gasteiger partial charge in [0.15, 0.2) is 0 Å². The minimum Gasteiger partial charge on any atom is -0.508 e. The van der Waals surface area contributed by atoms with Crippen LogP contribution in [-0.4, -0.2) is 22.5 Å². The van der Waals surface area contributed by atoms with E-state index in [9.17, 15) is 10.2 Å². The second-order valence-electron chi connectivity index (χ2n) is 8.47. The fraction of sp³-hybridized carbons (Fsp3) is 0.619. The third-order valence-corrected chi connectivity index (χ3v) is 7.08. The third kappa shape index (κ3) is 2.24. The number of benzene rings is 1. The number of halogens is 1. The van der Waals surface area contributed by atoms with E-state index < -0.39 is 6.17 Å². The van der Waals surface area contributed by atoms with Gasteiger partial charge in [0, 0.05) is 5.92 Å². The number of aliphatic hydroxyl groups excluding tert-OH is 1. The van der Waals surface area contributed by atoms with Gasteiger partial charge < -0.3 is 10.2 Å². The fourth-order valence-corrected chi connectivity index (χ4v) is 6.38. The van der Waals surface area contributed by atoms with E-state index in [0.29, 0.717) is 18.8 Å². The highest BCUT2D eigenvalue weighted by Gasteiger charge is 2.60. The van der Waals surface area contributed by atoms with Gasteiger partial charge in [-0.1, -0.05) is 19.1 Å². The van der Waals surface area contributed by atoms with Crippen LogP contribution in [0.1, 0.15) is 49.7 Å². The molecule has 24 heavy (non-hydrogen) atoms. The summed E-state index contributed by atoms with van der Waals surface area (Å²) in [4.78, 5) is 0. The second kappa shape index (κ2) is 5.59. The largest absolute Gasteiger partial charge is 0.508 e. The van der Waals surface area contributed by atoms with Crippen LogP contribution in [0.3, 0.4) is 0 Å². The summed E-state index contributed by atoms with van der Waals surface area (Å²) in [6, 6.07) is 5.41. The molecule has 2 N–H and O–H groups in total. The topological polar surface area (TPSA) is 40.5 Å². The monoisotopic (exact) mass is 330 g/mol. The Morgan fingerprint density at radius 3 is 2.92 bits per heavy atom. The van der Waals surface area contributed by atoms with Crippen LogP contribution in [0.15, 0.2) is 30.9 Å². The maximum atomic E-state index is 15.3. The van der Waals surface area contributed by atoms with E-state index >= 15 is 4.39 Å². The van der Waals surface area contributed by atoms with Crippen LogP contribution < -0.4 is 0 Å². The zero-order valence-electron chi connectivity index (χ0n) is 14.3. The fourth-order valence-electron chi connectivity index (χ4n) is 6.38. The van der Waals surface area contributed by atoms with Crippen molar-refractivity contribution in [3.05, 3.63) is 42.0 Å². The van der Waals surface area contributed by atoms with Crippen LogP contribution in [0.4, 0.5) is 4.39 Å². The molecule has 0 saturated heterocycles. The van der Waals surface area contributed by atoms with Gasteiger partial charge in [-0.3, -0.25) is 0 Å². The first kappa shape index (κ1) is 16.1. The number of aromatic hydroxyl groups is 1. The highest BCUT2D eigenvalue weighted by Crippen LogP contribution is 2.64. The molecule has 2 nitrogen and oxygen atoms in total. The minimum atomic E-state index is -0.866. The Hall–Kier alpha value is -1.35. The molecular weight excluding hydrogens is 303 g/mol. The summed E-state index contributed by atoms with van der Waals surface area (Å²) < 4.78 is 15.3. The molecule has 0 amide bonds. The Balaban J connectivity index is 1.76. The maximum Gasteiger partial charge on any atom is 0.115 e. The highest BCUT2D eigenvalue weighted by atomic mass is 19.1. The average Bonchev–Trinajstić information content (AvgIpc) is 2.77. The van der Waals surface area contributed by atoms with E-state index in [1.54, 1.807) is 12.1 Å². The van der Waals surface area contributed by atoms with Crippen LogP contribution >= 0.6 is 0 Å². The van der Waals surface area contributed by atoms with Crippen molar-refractivity contribution >= 4 is 0 Å². The molecular formula is C21H27FO2. The number of aryl methyl sites for hydroxylation is 1. The number of allylic oxidation sites excluding steroid dienone is 1. The zero-order chi connectivity index (χ0) is 17.1. The lowest BCUT2D eigenvalue weighted by Gasteiger charge is -2.52. The number of hydrogen-bond acceptors (Lipinski definition) is 2. The summed E-state index contributed by atoms with van der Waals surface area (Å²) in [5.74, 6) is 1.00. The molecule has 3 heteroatoms. The molecule has 0 radical (unpaired) electrons. The molecule has 2 fully saturated rings. The van der Waals surface area contributed by atoms with Gasteiger partial charge >= 0.3 is 0 Å². The number of rotatable bonds is 2. The average molecular weight is 330 g/mol. The number of phenolic OH excluding ortho intramolecular Hbond substituents is 1. The van der Waals surface area contributed by atoms with Gasteiger partial charge in [-0.15, -0.1) is 6.58 Å². The molecule has 2 saturated carbocycles. The smallest absolute Gasteiger partial charge is 0.115 e. The van der Waals surface area contributed by atoms with Crippen LogP contribution in [-0.2, 0) is 6.42 Å². The van der Waals surface area contributed by atoms with Crippen LogP contribution in [0.5, 0.6) is 5.75 Å². The van der Waals surface area contributed by atoms with Crippen molar-refractivity contribution in [2.24, 2.45) is 23.2 Å². The van der Waals surface area contributed by atoms with Gasteiger partial charge in [-0.2, -0.15) is 0 Å². The first-order chi connectivity index (χ1) is 11.4. The molecule has 1 aromatic carbocycles. The molecule has 0 bridgehead atoms. The number of aliphatic hydroxyl groups is 1. The number of alkyl halides is 1. The molecule has 3 aliphatic carbocycles. The Morgan fingerprint density at radius 2 is 2.17 bits per heavy atom. The molecule has 0 heterocycles. The van der Waals surface area contributed by atoms with Gasteiger partial charge in [-0.25, -0.2) is 4.39 Å². The van der Waals surface area contributed by atoms with E-state index in [1.165, 1.54) is 0 Å². The van der Waals surface area contributed by atoms with E-state index in [2.05, 4.69) is 13.5 Å². The number of phenols is 1. The van der Waals surface area contributed by atoms with Crippen molar-refractivity contribution < 1.29 is 14.6 Å². The SMILES string of the molecule is C=CC[C@@H]1[C@H]2[C@@H]3CCc4cc(O)ccc4[C@H]3[C@@H](F)C[C@]2(C)C[C@@H]1O. The number of fused-ring (bicyclic) bond motifs is 5. The van der Waals surface area contributed by atoms with Crippen molar-refractivity contribution in [2.75, 3.05) is 0 Å². The van der Waals surface area contributed by atoms with Crippen molar-refractivity contribution in [1.82, 2.24) is 0 Å². The van der Waals surface area contributed by atoms with E-state index in [1.807, 2.05) is 12.1 Å². The third-order valence-electron chi connectivity index (χ3n) is 7.08. The maximum absolute atomic E-state index is 15.3. The van der Waals surface area contributed by atoms with Crippen LogP contribution in [0, 0.1) is 23.2 Å². The lowest BCUT2D eigenvalue weighted by molar-refractivity contribution is -0.0170. The standard InChI is InChI=1S/C21H27FO2/c1-3-4-15-18(24)11-21(2)10-17(22)19-14-8-6-13(23)9-12(14)5-7-16(19)20(15)21/h3,6,8-9,15-20,23-24H,1,4-5,7,10-11H2,2H3/t15-,16+,17-,18-,19+,20-,21+/m0/s1. The van der Waals surface area contributed by atoms with Crippen LogP contribution in [0.2, 0.25) is 0 Å². The quantitative estimate of drug-likeness (QED) is 0.791. The van der Waals surface area contributed by atoms with Gasteiger partial charge in [0.25, 0.3) is 0 Å².